The number of aliphatic hydroxyl groups is 1. The van der Waals surface area contributed by atoms with Crippen molar-refractivity contribution in [3.63, 3.8) is 0 Å². The fourth-order valence-corrected chi connectivity index (χ4v) is 5.13. The molecule has 0 aromatic heterocycles. The van der Waals surface area contributed by atoms with Crippen molar-refractivity contribution in [2.45, 2.75) is 31.5 Å². The van der Waals surface area contributed by atoms with E-state index in [0.29, 0.717) is 21.8 Å². The number of hydrogen-bond donors (Lipinski definition) is 3. The molecular weight excluding hydrogens is 386 g/mol. The van der Waals surface area contributed by atoms with E-state index in [2.05, 4.69) is 5.32 Å². The molecule has 3 heterocycles. The average molecular weight is 409 g/mol. The number of anilines is 1. The Labute approximate surface area is 167 Å². The minimum atomic E-state index is -1.30. The van der Waals surface area contributed by atoms with Gasteiger partial charge in [-0.25, -0.2) is 0 Å². The molecular formula is C19H23ClN3O5+. The standard InChI is InChI=1S/C19H22ClN3O5/c1-8-11(20)5-4-10-14(8)21-18(27)19(10)13-12(15(22-19)9(2)24)16(25)23(17(13)26)6-7-28-3/h4-5,9,12-13,15,22,24H,6-7H2,1-3H3,(H,21,27)/p+1/t9-,12+,13+,15-,19+/m1/s1. The van der Waals surface area contributed by atoms with Crippen LogP contribution in [0.2, 0.25) is 5.02 Å². The predicted molar refractivity (Wildman–Crippen MR) is 99.5 cm³/mol. The lowest BCUT2D eigenvalue weighted by atomic mass is 9.76. The van der Waals surface area contributed by atoms with Gasteiger partial charge in [0.25, 0.3) is 5.91 Å². The summed E-state index contributed by atoms with van der Waals surface area (Å²) in [5.74, 6) is -2.80. The van der Waals surface area contributed by atoms with E-state index in [4.69, 9.17) is 16.3 Å². The first-order valence-corrected chi connectivity index (χ1v) is 9.62. The van der Waals surface area contributed by atoms with Crippen LogP contribution in [0.5, 0.6) is 0 Å². The molecule has 28 heavy (non-hydrogen) atoms. The Bertz CT molecular complexity index is 889. The zero-order valence-electron chi connectivity index (χ0n) is 15.9. The van der Waals surface area contributed by atoms with Crippen molar-refractivity contribution in [2.75, 3.05) is 25.6 Å². The molecule has 2 saturated heterocycles. The topological polar surface area (TPSA) is 113 Å². The molecule has 0 unspecified atom stereocenters. The van der Waals surface area contributed by atoms with Crippen LogP contribution in [-0.4, -0.2) is 60.1 Å². The Morgan fingerprint density at radius 2 is 2.07 bits per heavy atom. The number of halogens is 1. The molecule has 3 aliphatic heterocycles. The van der Waals surface area contributed by atoms with Crippen LogP contribution < -0.4 is 10.6 Å². The number of aliphatic hydroxyl groups excluding tert-OH is 1. The van der Waals surface area contributed by atoms with Gasteiger partial charge in [-0.2, -0.15) is 0 Å². The summed E-state index contributed by atoms with van der Waals surface area (Å²) in [6.45, 7) is 3.71. The number of nitrogens with one attached hydrogen (secondary N) is 1. The SMILES string of the molecule is COCCN1C(=O)[C@@H]2[C@@H]([C@@H](C)O)[NH2+][C@]3(C(=O)Nc4c3ccc(Cl)c4C)[C@@H]2C1=O. The molecule has 0 radical (unpaired) electrons. The first-order chi connectivity index (χ1) is 13.3. The Kier molecular flexibility index (Phi) is 4.50. The summed E-state index contributed by atoms with van der Waals surface area (Å²) in [4.78, 5) is 40.7. The van der Waals surface area contributed by atoms with Crippen molar-refractivity contribution in [1.29, 1.82) is 0 Å². The largest absolute Gasteiger partial charge is 0.387 e. The fourth-order valence-electron chi connectivity index (χ4n) is 4.98. The lowest BCUT2D eigenvalue weighted by molar-refractivity contribution is -0.738. The minimum Gasteiger partial charge on any atom is -0.387 e. The van der Waals surface area contributed by atoms with E-state index in [1.54, 1.807) is 31.3 Å². The number of imide groups is 1. The molecule has 1 aromatic carbocycles. The monoisotopic (exact) mass is 408 g/mol. The van der Waals surface area contributed by atoms with E-state index in [1.165, 1.54) is 7.11 Å². The van der Waals surface area contributed by atoms with Crippen LogP contribution in [0.15, 0.2) is 12.1 Å². The minimum absolute atomic E-state index is 0.123. The van der Waals surface area contributed by atoms with Crippen molar-refractivity contribution < 1.29 is 29.5 Å². The second kappa shape index (κ2) is 6.52. The molecule has 5 atom stereocenters. The average Bonchev–Trinajstić information content (AvgIpc) is 3.23. The maximum atomic E-state index is 13.3. The molecule has 8 nitrogen and oxygen atoms in total. The Morgan fingerprint density at radius 1 is 1.36 bits per heavy atom. The van der Waals surface area contributed by atoms with Gasteiger partial charge in [0, 0.05) is 17.7 Å². The third kappa shape index (κ3) is 2.32. The van der Waals surface area contributed by atoms with Gasteiger partial charge in [0.1, 0.15) is 24.0 Å². The lowest BCUT2D eigenvalue weighted by Gasteiger charge is -2.27. The number of amides is 3. The molecule has 0 bridgehead atoms. The number of likely N-dealkylation sites (tertiary alicyclic amines) is 1. The van der Waals surface area contributed by atoms with Crippen molar-refractivity contribution in [2.24, 2.45) is 11.8 Å². The molecule has 0 saturated carbocycles. The van der Waals surface area contributed by atoms with E-state index in [1.807, 2.05) is 0 Å². The van der Waals surface area contributed by atoms with Crippen LogP contribution in [0.1, 0.15) is 18.1 Å². The third-order valence-corrected chi connectivity index (χ3v) is 6.75. The fraction of sp³-hybridized carbons (Fsp3) is 0.526. The summed E-state index contributed by atoms with van der Waals surface area (Å²) in [7, 11) is 1.49. The van der Waals surface area contributed by atoms with E-state index in [9.17, 15) is 19.5 Å². The number of carbonyl (C=O) groups is 3. The van der Waals surface area contributed by atoms with E-state index >= 15 is 0 Å². The molecule has 2 fully saturated rings. The van der Waals surface area contributed by atoms with Gasteiger partial charge in [0.2, 0.25) is 17.4 Å². The van der Waals surface area contributed by atoms with Gasteiger partial charge < -0.3 is 20.5 Å². The Balaban J connectivity index is 1.88. The maximum absolute atomic E-state index is 13.3. The van der Waals surface area contributed by atoms with Gasteiger partial charge in [0.05, 0.1) is 18.8 Å². The molecule has 1 aromatic rings. The molecule has 150 valence electrons. The number of nitrogens with two attached hydrogens (primary N) is 1. The van der Waals surface area contributed by atoms with Gasteiger partial charge in [-0.05, 0) is 31.5 Å². The highest BCUT2D eigenvalue weighted by Crippen LogP contribution is 2.50. The number of ether oxygens (including phenoxy) is 1. The second-order valence-corrected chi connectivity index (χ2v) is 8.13. The summed E-state index contributed by atoms with van der Waals surface area (Å²) < 4.78 is 5.02. The zero-order valence-corrected chi connectivity index (χ0v) is 16.6. The number of fused-ring (bicyclic) bond motifs is 4. The molecule has 3 aliphatic rings. The number of benzene rings is 1. The van der Waals surface area contributed by atoms with Gasteiger partial charge in [-0.1, -0.05) is 11.6 Å². The molecule has 4 rings (SSSR count). The number of carbonyl (C=O) groups excluding carboxylic acids is 3. The summed E-state index contributed by atoms with van der Waals surface area (Å²) in [5, 5.41) is 15.4. The third-order valence-electron chi connectivity index (χ3n) is 6.34. The van der Waals surface area contributed by atoms with Gasteiger partial charge in [-0.15, -0.1) is 0 Å². The summed E-state index contributed by atoms with van der Waals surface area (Å²) in [6.07, 6.45) is -0.878. The molecule has 9 heteroatoms. The summed E-state index contributed by atoms with van der Waals surface area (Å²) in [6, 6.07) is 2.82. The second-order valence-electron chi connectivity index (χ2n) is 7.73. The Morgan fingerprint density at radius 3 is 2.71 bits per heavy atom. The molecule has 3 amide bonds. The van der Waals surface area contributed by atoms with E-state index in [-0.39, 0.29) is 25.0 Å². The van der Waals surface area contributed by atoms with Crippen molar-refractivity contribution >= 4 is 35.0 Å². The van der Waals surface area contributed by atoms with Gasteiger partial charge in [-0.3, -0.25) is 19.3 Å². The summed E-state index contributed by atoms with van der Waals surface area (Å²) in [5.41, 5.74) is 0.621. The Hall–Kier alpha value is -2.00. The highest BCUT2D eigenvalue weighted by atomic mass is 35.5. The molecule has 0 aliphatic carbocycles. The van der Waals surface area contributed by atoms with Crippen LogP contribution >= 0.6 is 11.6 Å². The quantitative estimate of drug-likeness (QED) is 0.574. The number of hydrogen-bond acceptors (Lipinski definition) is 5. The number of quaternary nitrogens is 1. The van der Waals surface area contributed by atoms with Crippen molar-refractivity contribution in [3.8, 4) is 0 Å². The predicted octanol–water partition coefficient (Wildman–Crippen LogP) is -0.630. The van der Waals surface area contributed by atoms with Crippen LogP contribution in [0.25, 0.3) is 0 Å². The lowest BCUT2D eigenvalue weighted by Crippen LogP contribution is -3.00. The number of methoxy groups -OCH3 is 1. The normalized spacial score (nSPS) is 32.1. The van der Waals surface area contributed by atoms with Crippen molar-refractivity contribution in [1.82, 2.24) is 4.90 Å². The van der Waals surface area contributed by atoms with Gasteiger partial charge in [0.15, 0.2) is 0 Å². The molecule has 1 spiro atoms. The van der Waals surface area contributed by atoms with Crippen LogP contribution in [0, 0.1) is 18.8 Å². The smallest absolute Gasteiger partial charge is 0.291 e. The van der Waals surface area contributed by atoms with E-state index in [0.717, 1.165) is 4.90 Å². The summed E-state index contributed by atoms with van der Waals surface area (Å²) >= 11 is 6.21. The van der Waals surface area contributed by atoms with E-state index < -0.39 is 35.4 Å². The first kappa shape index (κ1) is 19.3. The van der Waals surface area contributed by atoms with Crippen LogP contribution in [0.3, 0.4) is 0 Å². The highest BCUT2D eigenvalue weighted by Gasteiger charge is 2.74. The highest BCUT2D eigenvalue weighted by molar-refractivity contribution is 6.32. The maximum Gasteiger partial charge on any atom is 0.291 e. The van der Waals surface area contributed by atoms with Gasteiger partial charge >= 0.3 is 0 Å². The first-order valence-electron chi connectivity index (χ1n) is 9.25. The van der Waals surface area contributed by atoms with Crippen LogP contribution in [0.4, 0.5) is 5.69 Å². The van der Waals surface area contributed by atoms with Crippen molar-refractivity contribution in [3.05, 3.63) is 28.3 Å². The zero-order chi connectivity index (χ0) is 20.4. The molecule has 4 N–H and O–H groups in total. The van der Waals surface area contributed by atoms with Crippen LogP contribution in [-0.2, 0) is 24.7 Å². The number of nitrogens with zero attached hydrogens (tertiary/aromatic N) is 1. The number of rotatable bonds is 4.